The molecular formula is C23H25FN2O3. The maximum Gasteiger partial charge on any atom is 0.235 e. The molecule has 2 aromatic rings. The fraction of sp³-hybridized carbons (Fsp3) is 0.391. The van der Waals surface area contributed by atoms with Crippen molar-refractivity contribution in [2.75, 3.05) is 20.2 Å². The van der Waals surface area contributed by atoms with Crippen molar-refractivity contribution in [3.8, 4) is 11.1 Å². The monoisotopic (exact) mass is 396 g/mol. The number of hydrogen-bond acceptors (Lipinski definition) is 4. The van der Waals surface area contributed by atoms with E-state index >= 15 is 0 Å². The summed E-state index contributed by atoms with van der Waals surface area (Å²) in [6.45, 7) is 5.06. The summed E-state index contributed by atoms with van der Waals surface area (Å²) < 4.78 is 13.3. The van der Waals surface area contributed by atoms with Crippen molar-refractivity contribution in [2.24, 2.45) is 0 Å². The highest BCUT2D eigenvalue weighted by Gasteiger charge is 2.54. The van der Waals surface area contributed by atoms with E-state index < -0.39 is 11.5 Å². The molecule has 29 heavy (non-hydrogen) atoms. The van der Waals surface area contributed by atoms with Crippen LogP contribution in [0.3, 0.4) is 0 Å². The standard InChI is InChI=1S/C23H25FN2O3/c1-14-4-9-18(16-5-7-17(24)8-6-16)15(2)19(14)20-21(27)23(25-22(20)28)10-12-26(29-3)13-11-23/h4-9,20H,10-13H2,1-3H3,(H,25,28). The Kier molecular flexibility index (Phi) is 5.00. The van der Waals surface area contributed by atoms with E-state index in [0.29, 0.717) is 25.9 Å². The van der Waals surface area contributed by atoms with Crippen LogP contribution in [0.4, 0.5) is 4.39 Å². The maximum atomic E-state index is 13.5. The summed E-state index contributed by atoms with van der Waals surface area (Å²) in [5.74, 6) is -1.40. The third kappa shape index (κ3) is 3.26. The first-order valence-electron chi connectivity index (χ1n) is 9.88. The van der Waals surface area contributed by atoms with Gasteiger partial charge in [-0.1, -0.05) is 24.3 Å². The van der Waals surface area contributed by atoms with Crippen molar-refractivity contribution >= 4 is 11.7 Å². The molecule has 2 saturated heterocycles. The quantitative estimate of drug-likeness (QED) is 0.809. The molecule has 152 valence electrons. The number of aryl methyl sites for hydroxylation is 1. The number of hydrogen-bond donors (Lipinski definition) is 1. The van der Waals surface area contributed by atoms with Gasteiger partial charge in [-0.25, -0.2) is 4.39 Å². The number of piperidine rings is 1. The lowest BCUT2D eigenvalue weighted by atomic mass is 9.78. The molecule has 2 heterocycles. The Morgan fingerprint density at radius 1 is 1.07 bits per heavy atom. The van der Waals surface area contributed by atoms with Gasteiger partial charge in [-0.15, -0.1) is 0 Å². The second-order valence-electron chi connectivity index (χ2n) is 7.96. The number of rotatable bonds is 3. The highest BCUT2D eigenvalue weighted by molar-refractivity contribution is 6.17. The van der Waals surface area contributed by atoms with Crippen LogP contribution in [0.1, 0.15) is 35.4 Å². The third-order valence-electron chi connectivity index (χ3n) is 6.37. The Hall–Kier alpha value is -2.57. The van der Waals surface area contributed by atoms with Crippen LogP contribution in [0.15, 0.2) is 36.4 Å². The second-order valence-corrected chi connectivity index (χ2v) is 7.96. The summed E-state index contributed by atoms with van der Waals surface area (Å²) >= 11 is 0. The zero-order valence-electron chi connectivity index (χ0n) is 16.9. The Morgan fingerprint density at radius 2 is 1.72 bits per heavy atom. The summed E-state index contributed by atoms with van der Waals surface area (Å²) in [7, 11) is 1.61. The number of carbonyl (C=O) groups is 2. The maximum absolute atomic E-state index is 13.5. The van der Waals surface area contributed by atoms with Gasteiger partial charge in [0.05, 0.1) is 7.11 Å². The molecule has 2 aliphatic rings. The van der Waals surface area contributed by atoms with Crippen LogP contribution in [0.25, 0.3) is 11.1 Å². The zero-order chi connectivity index (χ0) is 20.8. The summed E-state index contributed by atoms with van der Waals surface area (Å²) in [4.78, 5) is 31.7. The molecule has 1 atom stereocenters. The fourth-order valence-corrected chi connectivity index (χ4v) is 4.70. The van der Waals surface area contributed by atoms with Gasteiger partial charge in [0.2, 0.25) is 5.91 Å². The van der Waals surface area contributed by atoms with Crippen molar-refractivity contribution in [1.82, 2.24) is 10.4 Å². The number of benzene rings is 2. The van der Waals surface area contributed by atoms with E-state index in [9.17, 15) is 14.0 Å². The fourth-order valence-electron chi connectivity index (χ4n) is 4.70. The van der Waals surface area contributed by atoms with Gasteiger partial charge in [-0.3, -0.25) is 9.59 Å². The second kappa shape index (κ2) is 7.35. The van der Waals surface area contributed by atoms with Crippen LogP contribution in [0, 0.1) is 19.7 Å². The normalized spacial score (nSPS) is 21.6. The topological polar surface area (TPSA) is 58.6 Å². The summed E-state index contributed by atoms with van der Waals surface area (Å²) in [5, 5.41) is 4.82. The van der Waals surface area contributed by atoms with E-state index in [0.717, 1.165) is 27.8 Å². The zero-order valence-corrected chi connectivity index (χ0v) is 16.9. The molecule has 6 heteroatoms. The SMILES string of the molecule is CON1CCC2(CC1)NC(=O)C(c1c(C)ccc(-c3ccc(F)cc3)c1C)C2=O. The van der Waals surface area contributed by atoms with Gasteiger partial charge in [-0.2, -0.15) is 5.06 Å². The molecule has 0 aliphatic carbocycles. The van der Waals surface area contributed by atoms with Gasteiger partial charge in [0.25, 0.3) is 0 Å². The van der Waals surface area contributed by atoms with Crippen LogP contribution >= 0.6 is 0 Å². The first-order chi connectivity index (χ1) is 13.9. The van der Waals surface area contributed by atoms with Gasteiger partial charge in [0.15, 0.2) is 5.78 Å². The molecule has 1 N–H and O–H groups in total. The molecule has 1 amide bonds. The lowest BCUT2D eigenvalue weighted by Crippen LogP contribution is -2.54. The largest absolute Gasteiger partial charge is 0.343 e. The number of hydroxylamine groups is 2. The molecule has 0 aromatic heterocycles. The van der Waals surface area contributed by atoms with Crippen molar-refractivity contribution in [2.45, 2.75) is 38.1 Å². The smallest absolute Gasteiger partial charge is 0.235 e. The number of nitrogens with one attached hydrogen (secondary N) is 1. The molecule has 2 aliphatic heterocycles. The van der Waals surface area contributed by atoms with Gasteiger partial charge in [0, 0.05) is 13.1 Å². The molecule has 0 bridgehead atoms. The molecule has 0 radical (unpaired) electrons. The molecular weight excluding hydrogens is 371 g/mol. The minimum absolute atomic E-state index is 0.0549. The van der Waals surface area contributed by atoms with Crippen LogP contribution in [-0.2, 0) is 14.4 Å². The molecule has 1 unspecified atom stereocenters. The predicted molar refractivity (Wildman–Crippen MR) is 108 cm³/mol. The van der Waals surface area contributed by atoms with Crippen LogP contribution in [0.5, 0.6) is 0 Å². The number of carbonyl (C=O) groups excluding carboxylic acids is 2. The van der Waals surface area contributed by atoms with Crippen LogP contribution < -0.4 is 5.32 Å². The van der Waals surface area contributed by atoms with E-state index in [-0.39, 0.29) is 17.5 Å². The van der Waals surface area contributed by atoms with E-state index in [1.165, 1.54) is 12.1 Å². The van der Waals surface area contributed by atoms with Crippen molar-refractivity contribution in [3.63, 3.8) is 0 Å². The number of halogens is 1. The lowest BCUT2D eigenvalue weighted by molar-refractivity contribution is -0.157. The van der Waals surface area contributed by atoms with Crippen molar-refractivity contribution < 1.29 is 18.8 Å². The average Bonchev–Trinajstić information content (AvgIpc) is 2.94. The van der Waals surface area contributed by atoms with E-state index in [2.05, 4.69) is 5.32 Å². The van der Waals surface area contributed by atoms with Crippen molar-refractivity contribution in [3.05, 3.63) is 58.9 Å². The predicted octanol–water partition coefficient (Wildman–Crippen LogP) is 3.29. The number of Topliss-reactive ketones (excluding diaryl/α,β-unsaturated/α-hetero) is 1. The first kappa shape index (κ1) is 19.7. The van der Waals surface area contributed by atoms with Crippen LogP contribution in [0.2, 0.25) is 0 Å². The van der Waals surface area contributed by atoms with Gasteiger partial charge in [0.1, 0.15) is 17.3 Å². The summed E-state index contributed by atoms with van der Waals surface area (Å²) in [6.07, 6.45) is 1.08. The lowest BCUT2D eigenvalue weighted by Gasteiger charge is -2.36. The minimum Gasteiger partial charge on any atom is -0.343 e. The van der Waals surface area contributed by atoms with Crippen molar-refractivity contribution in [1.29, 1.82) is 0 Å². The highest BCUT2D eigenvalue weighted by atomic mass is 19.1. The highest BCUT2D eigenvalue weighted by Crippen LogP contribution is 2.40. The van der Waals surface area contributed by atoms with E-state index in [1.54, 1.807) is 19.2 Å². The Balaban J connectivity index is 1.73. The summed E-state index contributed by atoms with van der Waals surface area (Å²) in [5.41, 5.74) is 3.51. The molecule has 2 fully saturated rings. The Labute approximate surface area is 169 Å². The van der Waals surface area contributed by atoms with Gasteiger partial charge in [-0.05, 0) is 66.6 Å². The van der Waals surface area contributed by atoms with Gasteiger partial charge < -0.3 is 10.2 Å². The van der Waals surface area contributed by atoms with Crippen LogP contribution in [-0.4, -0.2) is 42.5 Å². The van der Waals surface area contributed by atoms with Gasteiger partial charge >= 0.3 is 0 Å². The molecule has 2 aromatic carbocycles. The minimum atomic E-state index is -0.818. The molecule has 0 saturated carbocycles. The Morgan fingerprint density at radius 3 is 2.34 bits per heavy atom. The van der Waals surface area contributed by atoms with E-state index in [1.807, 2.05) is 31.0 Å². The molecule has 5 nitrogen and oxygen atoms in total. The average molecular weight is 396 g/mol. The van der Waals surface area contributed by atoms with E-state index in [4.69, 9.17) is 4.84 Å². The third-order valence-corrected chi connectivity index (χ3v) is 6.37. The molecule has 4 rings (SSSR count). The number of ketones is 1. The molecule has 1 spiro atoms. The number of amides is 1. The first-order valence-corrected chi connectivity index (χ1v) is 9.88. The number of nitrogens with zero attached hydrogens (tertiary/aromatic N) is 1. The summed E-state index contributed by atoms with van der Waals surface area (Å²) in [6, 6.07) is 10.2. The Bertz CT molecular complexity index is 963.